The van der Waals surface area contributed by atoms with Crippen molar-refractivity contribution in [2.45, 2.75) is 18.9 Å². The van der Waals surface area contributed by atoms with Gasteiger partial charge in [-0.2, -0.15) is 18.0 Å². The zero-order valence-electron chi connectivity index (χ0n) is 12.2. The Bertz CT molecular complexity index is 944. The molecule has 1 N–H and O–H groups in total. The fourth-order valence-corrected chi connectivity index (χ4v) is 4.35. The lowest BCUT2D eigenvalue weighted by Gasteiger charge is -2.11. The molecule has 22 heavy (non-hydrogen) atoms. The van der Waals surface area contributed by atoms with E-state index in [0.717, 1.165) is 5.01 Å². The highest BCUT2D eigenvalue weighted by Gasteiger charge is 2.26. The third kappa shape index (κ3) is 2.42. The number of aryl methyl sites for hydroxylation is 2. The number of fused-ring (bicyclic) bond motifs is 1. The van der Waals surface area contributed by atoms with E-state index in [1.54, 1.807) is 38.1 Å². The van der Waals surface area contributed by atoms with Crippen molar-refractivity contribution < 1.29 is 13.2 Å². The Morgan fingerprint density at radius 1 is 1.27 bits per heavy atom. The molecule has 0 saturated carbocycles. The number of ether oxygens (including phenoxy) is 1. The second-order valence-electron chi connectivity index (χ2n) is 4.62. The number of hydrogen-bond donors (Lipinski definition) is 1. The summed E-state index contributed by atoms with van der Waals surface area (Å²) in [4.78, 5) is 4.80. The zero-order chi connectivity index (χ0) is 15.9. The van der Waals surface area contributed by atoms with Gasteiger partial charge in [0.05, 0.1) is 18.5 Å². The standard InChI is InChI=1S/C13H14N4O3S2/c1-8-12(17-13(14-8)21-9(2)15-17)22(18,19)16-10-6-4-5-7-11(10)20-3/h4-7,16H,1-3H3. The molecule has 3 rings (SSSR count). The molecule has 0 amide bonds. The number of nitrogens with one attached hydrogen (secondary N) is 1. The number of anilines is 1. The average Bonchev–Trinajstić information content (AvgIpc) is 2.93. The second kappa shape index (κ2) is 5.25. The molecule has 0 saturated heterocycles. The van der Waals surface area contributed by atoms with Crippen LogP contribution in [0.4, 0.5) is 5.69 Å². The minimum atomic E-state index is -3.83. The minimum Gasteiger partial charge on any atom is -0.495 e. The van der Waals surface area contributed by atoms with Gasteiger partial charge in [-0.25, -0.2) is 4.98 Å². The predicted molar refractivity (Wildman–Crippen MR) is 84.1 cm³/mol. The number of sulfonamides is 1. The SMILES string of the molecule is COc1ccccc1NS(=O)(=O)c1c(C)nc2sc(C)nn12. The fraction of sp³-hybridized carbons (Fsp3) is 0.231. The van der Waals surface area contributed by atoms with Gasteiger partial charge in [0.15, 0.2) is 0 Å². The molecule has 0 fully saturated rings. The van der Waals surface area contributed by atoms with Crippen LogP contribution in [-0.4, -0.2) is 30.1 Å². The van der Waals surface area contributed by atoms with E-state index >= 15 is 0 Å². The largest absolute Gasteiger partial charge is 0.495 e. The Kier molecular flexibility index (Phi) is 3.53. The van der Waals surface area contributed by atoms with Crippen LogP contribution in [0.5, 0.6) is 5.75 Å². The van der Waals surface area contributed by atoms with Crippen LogP contribution in [0.25, 0.3) is 4.96 Å². The number of imidazole rings is 1. The Hall–Kier alpha value is -2.13. The summed E-state index contributed by atoms with van der Waals surface area (Å²) in [6.45, 7) is 3.45. The van der Waals surface area contributed by atoms with Crippen molar-refractivity contribution in [3.8, 4) is 5.75 Å². The number of para-hydroxylation sites is 2. The average molecular weight is 338 g/mol. The van der Waals surface area contributed by atoms with Crippen LogP contribution in [0.3, 0.4) is 0 Å². The maximum atomic E-state index is 12.7. The van der Waals surface area contributed by atoms with Gasteiger partial charge in [-0.3, -0.25) is 4.72 Å². The lowest BCUT2D eigenvalue weighted by Crippen LogP contribution is -2.17. The Morgan fingerprint density at radius 3 is 2.73 bits per heavy atom. The van der Waals surface area contributed by atoms with Gasteiger partial charge in [-0.05, 0) is 26.0 Å². The molecule has 3 aromatic rings. The van der Waals surface area contributed by atoms with Crippen molar-refractivity contribution >= 4 is 32.0 Å². The Morgan fingerprint density at radius 2 is 2.00 bits per heavy atom. The molecule has 2 heterocycles. The fourth-order valence-electron chi connectivity index (χ4n) is 2.16. The first-order valence-corrected chi connectivity index (χ1v) is 8.71. The summed E-state index contributed by atoms with van der Waals surface area (Å²) in [5, 5.41) is 4.99. The third-order valence-corrected chi connectivity index (χ3v) is 5.32. The molecule has 0 unspecified atom stereocenters. The molecule has 0 aliphatic carbocycles. The summed E-state index contributed by atoms with van der Waals surface area (Å²) in [6.07, 6.45) is 0. The summed E-state index contributed by atoms with van der Waals surface area (Å²) in [5.41, 5.74) is 0.771. The summed E-state index contributed by atoms with van der Waals surface area (Å²) in [5.74, 6) is 0.443. The van der Waals surface area contributed by atoms with Gasteiger partial charge < -0.3 is 4.74 Å². The predicted octanol–water partition coefficient (Wildman–Crippen LogP) is 2.22. The topological polar surface area (TPSA) is 85.6 Å². The Labute approximate surface area is 131 Å². The maximum absolute atomic E-state index is 12.7. The van der Waals surface area contributed by atoms with Gasteiger partial charge in [0.25, 0.3) is 10.0 Å². The van der Waals surface area contributed by atoms with Gasteiger partial charge in [-0.1, -0.05) is 23.5 Å². The third-order valence-electron chi connectivity index (χ3n) is 3.03. The van der Waals surface area contributed by atoms with Gasteiger partial charge in [0, 0.05) is 0 Å². The summed E-state index contributed by atoms with van der Waals surface area (Å²) in [6, 6.07) is 6.81. The van der Waals surface area contributed by atoms with Gasteiger partial charge in [-0.15, -0.1) is 0 Å². The van der Waals surface area contributed by atoms with E-state index in [2.05, 4.69) is 14.8 Å². The van der Waals surface area contributed by atoms with Crippen LogP contribution in [0.2, 0.25) is 0 Å². The quantitative estimate of drug-likeness (QED) is 0.788. The van der Waals surface area contributed by atoms with E-state index < -0.39 is 10.0 Å². The molecule has 116 valence electrons. The summed E-state index contributed by atoms with van der Waals surface area (Å²) >= 11 is 1.34. The first-order valence-electron chi connectivity index (χ1n) is 6.41. The molecule has 2 aromatic heterocycles. The van der Waals surface area contributed by atoms with Crippen molar-refractivity contribution in [2.75, 3.05) is 11.8 Å². The minimum absolute atomic E-state index is 0.0396. The molecule has 0 aliphatic rings. The lowest BCUT2D eigenvalue weighted by molar-refractivity contribution is 0.417. The highest BCUT2D eigenvalue weighted by atomic mass is 32.2. The summed E-state index contributed by atoms with van der Waals surface area (Å²) < 4.78 is 34.5. The molecule has 9 heteroatoms. The highest BCUT2D eigenvalue weighted by Crippen LogP contribution is 2.28. The van der Waals surface area contributed by atoms with Crippen LogP contribution in [-0.2, 0) is 10.0 Å². The maximum Gasteiger partial charge on any atom is 0.281 e. The molecular weight excluding hydrogens is 324 g/mol. The summed E-state index contributed by atoms with van der Waals surface area (Å²) in [7, 11) is -2.35. The zero-order valence-corrected chi connectivity index (χ0v) is 13.8. The molecule has 0 spiro atoms. The normalized spacial score (nSPS) is 11.8. The molecule has 0 atom stereocenters. The van der Waals surface area contributed by atoms with E-state index in [9.17, 15) is 8.42 Å². The van der Waals surface area contributed by atoms with Gasteiger partial charge >= 0.3 is 0 Å². The van der Waals surface area contributed by atoms with Crippen molar-refractivity contribution in [1.82, 2.24) is 14.6 Å². The van der Waals surface area contributed by atoms with Crippen LogP contribution >= 0.6 is 11.3 Å². The molecule has 0 bridgehead atoms. The van der Waals surface area contributed by atoms with E-state index in [-0.39, 0.29) is 5.03 Å². The number of hydrogen-bond acceptors (Lipinski definition) is 6. The number of nitrogens with zero attached hydrogens (tertiary/aromatic N) is 3. The highest BCUT2D eigenvalue weighted by molar-refractivity contribution is 7.92. The lowest BCUT2D eigenvalue weighted by atomic mass is 10.3. The smallest absolute Gasteiger partial charge is 0.281 e. The van der Waals surface area contributed by atoms with Crippen LogP contribution in [0, 0.1) is 13.8 Å². The molecular formula is C13H14N4O3S2. The van der Waals surface area contributed by atoms with Crippen molar-refractivity contribution in [1.29, 1.82) is 0 Å². The van der Waals surface area contributed by atoms with Crippen LogP contribution < -0.4 is 9.46 Å². The van der Waals surface area contributed by atoms with Crippen molar-refractivity contribution in [2.24, 2.45) is 0 Å². The van der Waals surface area contributed by atoms with Crippen LogP contribution in [0.1, 0.15) is 10.7 Å². The second-order valence-corrected chi connectivity index (χ2v) is 7.38. The monoisotopic (exact) mass is 338 g/mol. The molecule has 0 radical (unpaired) electrons. The van der Waals surface area contributed by atoms with Crippen LogP contribution in [0.15, 0.2) is 29.3 Å². The molecule has 0 aliphatic heterocycles. The van der Waals surface area contributed by atoms with Gasteiger partial charge in [0.1, 0.15) is 10.8 Å². The van der Waals surface area contributed by atoms with E-state index in [0.29, 0.717) is 22.1 Å². The van der Waals surface area contributed by atoms with E-state index in [1.165, 1.54) is 23.0 Å². The van der Waals surface area contributed by atoms with Crippen molar-refractivity contribution in [3.63, 3.8) is 0 Å². The Balaban J connectivity index is 2.10. The number of methoxy groups -OCH3 is 1. The van der Waals surface area contributed by atoms with Crippen molar-refractivity contribution in [3.05, 3.63) is 35.0 Å². The van der Waals surface area contributed by atoms with E-state index in [4.69, 9.17) is 4.74 Å². The first kappa shape index (κ1) is 14.8. The number of rotatable bonds is 4. The molecule has 1 aromatic carbocycles. The van der Waals surface area contributed by atoms with E-state index in [1.807, 2.05) is 0 Å². The number of benzene rings is 1. The van der Waals surface area contributed by atoms with Gasteiger partial charge in [0.2, 0.25) is 9.99 Å². The number of aromatic nitrogens is 3. The first-order chi connectivity index (χ1) is 10.4. The molecule has 7 nitrogen and oxygen atoms in total.